The maximum atomic E-state index is 12.7. The largest absolute Gasteiger partial charge is 0.420 e. The van der Waals surface area contributed by atoms with Gasteiger partial charge >= 0.3 is 0 Å². The minimum atomic E-state index is 0.107. The number of likely N-dealkylation sites (tertiary alicyclic amines) is 1. The fraction of sp³-hybridized carbons (Fsp3) is 0.353. The van der Waals surface area contributed by atoms with E-state index >= 15 is 0 Å². The van der Waals surface area contributed by atoms with Crippen LogP contribution in [-0.2, 0) is 0 Å². The van der Waals surface area contributed by atoms with Crippen LogP contribution in [0, 0.1) is 6.92 Å². The number of hydrogen-bond acceptors (Lipinski definition) is 6. The lowest BCUT2D eigenvalue weighted by Gasteiger charge is -2.30. The first-order chi connectivity index (χ1) is 11.7. The van der Waals surface area contributed by atoms with E-state index in [9.17, 15) is 4.79 Å². The van der Waals surface area contributed by atoms with E-state index in [4.69, 9.17) is 4.42 Å². The molecule has 4 rings (SSSR count). The van der Waals surface area contributed by atoms with Crippen LogP contribution in [0.15, 0.2) is 32.7 Å². The lowest BCUT2D eigenvalue weighted by molar-refractivity contribution is 0.0703. The standard InChI is InChI=1S/C17H17N3O2S2/c1-11-7-14(24-9-11)17(21)20-5-2-3-12(8-20)15-18-19-16(22-15)13-4-6-23-10-13/h4,6-7,9-10,12H,2-3,5,8H2,1H3/t12-/m1/s1. The van der Waals surface area contributed by atoms with Gasteiger partial charge in [0.15, 0.2) is 0 Å². The Morgan fingerprint density at radius 3 is 3.04 bits per heavy atom. The average molecular weight is 359 g/mol. The van der Waals surface area contributed by atoms with Crippen LogP contribution in [-0.4, -0.2) is 34.1 Å². The molecule has 0 spiro atoms. The quantitative estimate of drug-likeness (QED) is 0.704. The zero-order valence-electron chi connectivity index (χ0n) is 13.3. The Labute approximate surface area is 147 Å². The molecule has 0 bridgehead atoms. The van der Waals surface area contributed by atoms with Gasteiger partial charge in [-0.15, -0.1) is 21.5 Å². The third-order valence-electron chi connectivity index (χ3n) is 4.21. The van der Waals surface area contributed by atoms with Crippen molar-refractivity contribution >= 4 is 28.6 Å². The Morgan fingerprint density at radius 2 is 2.29 bits per heavy atom. The van der Waals surface area contributed by atoms with Gasteiger partial charge in [-0.3, -0.25) is 4.79 Å². The van der Waals surface area contributed by atoms with Crippen molar-refractivity contribution in [2.24, 2.45) is 0 Å². The van der Waals surface area contributed by atoms with E-state index < -0.39 is 0 Å². The zero-order chi connectivity index (χ0) is 16.5. The van der Waals surface area contributed by atoms with Gasteiger partial charge in [-0.05, 0) is 48.2 Å². The summed E-state index contributed by atoms with van der Waals surface area (Å²) in [6.45, 7) is 3.44. The molecule has 0 saturated carbocycles. The number of carbonyl (C=O) groups excluding carboxylic acids is 1. The minimum Gasteiger partial charge on any atom is -0.420 e. The summed E-state index contributed by atoms with van der Waals surface area (Å²) in [4.78, 5) is 15.4. The third-order valence-corrected chi connectivity index (χ3v) is 5.93. The molecule has 0 aliphatic carbocycles. The Morgan fingerprint density at radius 1 is 1.38 bits per heavy atom. The topological polar surface area (TPSA) is 59.2 Å². The molecular weight excluding hydrogens is 342 g/mol. The van der Waals surface area contributed by atoms with Crippen LogP contribution in [0.2, 0.25) is 0 Å². The molecule has 5 nitrogen and oxygen atoms in total. The maximum absolute atomic E-state index is 12.7. The summed E-state index contributed by atoms with van der Waals surface area (Å²) in [6.07, 6.45) is 1.93. The molecule has 1 amide bonds. The molecule has 124 valence electrons. The number of aromatic nitrogens is 2. The highest BCUT2D eigenvalue weighted by Gasteiger charge is 2.29. The molecule has 1 aliphatic rings. The second kappa shape index (κ2) is 6.49. The minimum absolute atomic E-state index is 0.107. The van der Waals surface area contributed by atoms with Crippen LogP contribution >= 0.6 is 22.7 Å². The molecule has 1 aliphatic heterocycles. The normalized spacial score (nSPS) is 18.0. The van der Waals surface area contributed by atoms with E-state index in [0.29, 0.717) is 18.3 Å². The van der Waals surface area contributed by atoms with Gasteiger partial charge < -0.3 is 9.32 Å². The van der Waals surface area contributed by atoms with Crippen molar-refractivity contribution in [1.82, 2.24) is 15.1 Å². The second-order valence-electron chi connectivity index (χ2n) is 6.04. The summed E-state index contributed by atoms with van der Waals surface area (Å²) < 4.78 is 5.85. The molecule has 1 atom stereocenters. The van der Waals surface area contributed by atoms with Crippen molar-refractivity contribution in [1.29, 1.82) is 0 Å². The van der Waals surface area contributed by atoms with Crippen LogP contribution in [0.25, 0.3) is 11.5 Å². The lowest BCUT2D eigenvalue weighted by atomic mass is 9.98. The van der Waals surface area contributed by atoms with Crippen LogP contribution < -0.4 is 0 Å². The van der Waals surface area contributed by atoms with Gasteiger partial charge in [0, 0.05) is 24.0 Å². The first kappa shape index (κ1) is 15.5. The summed E-state index contributed by atoms with van der Waals surface area (Å²) in [6, 6.07) is 3.93. The molecule has 1 fully saturated rings. The molecule has 0 radical (unpaired) electrons. The zero-order valence-corrected chi connectivity index (χ0v) is 14.9. The smallest absolute Gasteiger partial charge is 0.263 e. The van der Waals surface area contributed by atoms with E-state index in [1.807, 2.05) is 40.1 Å². The molecule has 24 heavy (non-hydrogen) atoms. The second-order valence-corrected chi connectivity index (χ2v) is 7.73. The average Bonchev–Trinajstić information content (AvgIpc) is 3.35. The van der Waals surface area contributed by atoms with Crippen molar-refractivity contribution in [2.75, 3.05) is 13.1 Å². The summed E-state index contributed by atoms with van der Waals surface area (Å²) >= 11 is 3.11. The fourth-order valence-electron chi connectivity index (χ4n) is 2.96. The Balaban J connectivity index is 1.50. The van der Waals surface area contributed by atoms with Crippen molar-refractivity contribution in [2.45, 2.75) is 25.7 Å². The first-order valence-electron chi connectivity index (χ1n) is 7.91. The van der Waals surface area contributed by atoms with Crippen molar-refractivity contribution < 1.29 is 9.21 Å². The first-order valence-corrected chi connectivity index (χ1v) is 9.73. The molecule has 0 aromatic carbocycles. The molecule has 3 aromatic heterocycles. The lowest BCUT2D eigenvalue weighted by Crippen LogP contribution is -2.38. The van der Waals surface area contributed by atoms with Gasteiger partial charge in [0.05, 0.1) is 10.8 Å². The molecular formula is C17H17N3O2S2. The molecule has 1 saturated heterocycles. The van der Waals surface area contributed by atoms with Crippen molar-refractivity contribution in [3.05, 3.63) is 44.6 Å². The van der Waals surface area contributed by atoms with Gasteiger partial charge in [0.1, 0.15) is 0 Å². The number of piperidine rings is 1. The Bertz CT molecular complexity index is 838. The number of hydrogen-bond donors (Lipinski definition) is 0. The highest BCUT2D eigenvalue weighted by atomic mass is 32.1. The van der Waals surface area contributed by atoms with Crippen LogP contribution in [0.3, 0.4) is 0 Å². The fourth-order valence-corrected chi connectivity index (χ4v) is 4.46. The Kier molecular flexibility index (Phi) is 4.20. The predicted octanol–water partition coefficient (Wildman–Crippen LogP) is 4.19. The van der Waals surface area contributed by atoms with Crippen LogP contribution in [0.5, 0.6) is 0 Å². The highest BCUT2D eigenvalue weighted by molar-refractivity contribution is 7.12. The summed E-state index contributed by atoms with van der Waals surface area (Å²) in [5.74, 6) is 1.42. The van der Waals surface area contributed by atoms with E-state index in [1.54, 1.807) is 11.3 Å². The summed E-state index contributed by atoms with van der Waals surface area (Å²) in [7, 11) is 0. The summed E-state index contributed by atoms with van der Waals surface area (Å²) in [5.41, 5.74) is 2.09. The van der Waals surface area contributed by atoms with Gasteiger partial charge in [-0.1, -0.05) is 0 Å². The molecule has 7 heteroatoms. The van der Waals surface area contributed by atoms with Crippen molar-refractivity contribution in [3.63, 3.8) is 0 Å². The number of nitrogens with zero attached hydrogens (tertiary/aromatic N) is 3. The van der Waals surface area contributed by atoms with E-state index in [1.165, 1.54) is 11.3 Å². The monoisotopic (exact) mass is 359 g/mol. The van der Waals surface area contributed by atoms with Crippen LogP contribution in [0.4, 0.5) is 0 Å². The molecule has 0 N–H and O–H groups in total. The number of amides is 1. The molecule has 3 aromatic rings. The Hall–Kier alpha value is -1.99. The van der Waals surface area contributed by atoms with Crippen LogP contribution in [0.1, 0.15) is 39.9 Å². The number of rotatable bonds is 3. The highest BCUT2D eigenvalue weighted by Crippen LogP contribution is 2.30. The maximum Gasteiger partial charge on any atom is 0.263 e. The van der Waals surface area contributed by atoms with Crippen molar-refractivity contribution in [3.8, 4) is 11.5 Å². The van der Waals surface area contributed by atoms with Gasteiger partial charge in [0.2, 0.25) is 11.8 Å². The van der Waals surface area contributed by atoms with Gasteiger partial charge in [0.25, 0.3) is 5.91 Å². The van der Waals surface area contributed by atoms with Gasteiger partial charge in [-0.25, -0.2) is 0 Å². The van der Waals surface area contributed by atoms with E-state index in [-0.39, 0.29) is 11.8 Å². The number of carbonyl (C=O) groups is 1. The van der Waals surface area contributed by atoms with Gasteiger partial charge in [-0.2, -0.15) is 11.3 Å². The SMILES string of the molecule is Cc1csc(C(=O)N2CCC[C@@H](c3nnc(-c4ccsc4)o3)C2)c1. The third kappa shape index (κ3) is 3.01. The number of thiophene rings is 2. The van der Waals surface area contributed by atoms with E-state index in [0.717, 1.165) is 35.4 Å². The predicted molar refractivity (Wildman–Crippen MR) is 94.5 cm³/mol. The molecule has 4 heterocycles. The van der Waals surface area contributed by atoms with E-state index in [2.05, 4.69) is 10.2 Å². The molecule has 0 unspecified atom stereocenters. The summed E-state index contributed by atoms with van der Waals surface area (Å²) in [5, 5.41) is 14.4. The number of aryl methyl sites for hydroxylation is 1.